The van der Waals surface area contributed by atoms with Crippen LogP contribution < -0.4 is 5.73 Å². The number of aromatic nitrogens is 5. The molecule has 2 N–H and O–H groups in total. The van der Waals surface area contributed by atoms with E-state index in [0.717, 1.165) is 0 Å². The van der Waals surface area contributed by atoms with Crippen LogP contribution in [-0.2, 0) is 0 Å². The highest BCUT2D eigenvalue weighted by Crippen LogP contribution is 2.12. The Morgan fingerprint density at radius 2 is 1.94 bits per heavy atom. The molecular formula is C9H12Cl2N6. The summed E-state index contributed by atoms with van der Waals surface area (Å²) in [6.07, 6.45) is 3.01. The van der Waals surface area contributed by atoms with E-state index in [1.807, 2.05) is 6.92 Å². The molecule has 2 aromatic rings. The number of halogens is 2. The normalized spacial score (nSPS) is 12.0. The van der Waals surface area contributed by atoms with Crippen LogP contribution >= 0.6 is 24.0 Å². The number of hydrogen-bond acceptors (Lipinski definition) is 5. The van der Waals surface area contributed by atoms with E-state index in [0.29, 0.717) is 22.6 Å². The summed E-state index contributed by atoms with van der Waals surface area (Å²) >= 11 is 5.71. The van der Waals surface area contributed by atoms with E-state index in [4.69, 9.17) is 17.3 Å². The van der Waals surface area contributed by atoms with E-state index in [2.05, 4.69) is 20.1 Å². The van der Waals surface area contributed by atoms with Gasteiger partial charge in [-0.25, -0.2) is 15.0 Å². The highest BCUT2D eigenvalue weighted by atomic mass is 35.5. The minimum atomic E-state index is -0.236. The fourth-order valence-corrected chi connectivity index (χ4v) is 1.39. The molecule has 6 nitrogen and oxygen atoms in total. The Morgan fingerprint density at radius 3 is 2.47 bits per heavy atom. The first-order chi connectivity index (χ1) is 7.58. The molecular weight excluding hydrogens is 263 g/mol. The summed E-state index contributed by atoms with van der Waals surface area (Å²) in [6.45, 7) is 3.62. The molecule has 0 spiro atoms. The predicted molar refractivity (Wildman–Crippen MR) is 66.5 cm³/mol. The molecule has 0 fully saturated rings. The van der Waals surface area contributed by atoms with Crippen LogP contribution in [0.3, 0.4) is 0 Å². The third-order valence-corrected chi connectivity index (χ3v) is 2.14. The molecule has 0 aromatic carbocycles. The Balaban J connectivity index is 0.00000144. The summed E-state index contributed by atoms with van der Waals surface area (Å²) in [5.41, 5.74) is 5.79. The Hall–Kier alpha value is -1.24. The minimum Gasteiger partial charge on any atom is -0.322 e. The van der Waals surface area contributed by atoms with Crippen LogP contribution in [0.25, 0.3) is 5.95 Å². The molecule has 0 aliphatic carbocycles. The first-order valence-corrected chi connectivity index (χ1v) is 5.13. The summed E-state index contributed by atoms with van der Waals surface area (Å²) in [5.74, 6) is 1.67. The molecule has 8 heteroatoms. The molecule has 0 saturated heterocycles. The molecule has 17 heavy (non-hydrogen) atoms. The van der Waals surface area contributed by atoms with Gasteiger partial charge in [0.25, 0.3) is 5.95 Å². The van der Waals surface area contributed by atoms with Gasteiger partial charge in [0.1, 0.15) is 5.82 Å². The summed E-state index contributed by atoms with van der Waals surface area (Å²) in [6, 6.07) is -0.236. The first-order valence-electron chi connectivity index (χ1n) is 4.75. The number of hydrogen-bond donors (Lipinski definition) is 1. The average Bonchev–Trinajstić information content (AvgIpc) is 2.61. The number of nitrogens with zero attached hydrogens (tertiary/aromatic N) is 5. The Kier molecular flexibility index (Phi) is 4.39. The molecule has 92 valence electrons. The monoisotopic (exact) mass is 274 g/mol. The van der Waals surface area contributed by atoms with Crippen LogP contribution in [0, 0.1) is 6.92 Å². The Bertz CT molecular complexity index is 493. The van der Waals surface area contributed by atoms with Gasteiger partial charge in [-0.2, -0.15) is 4.68 Å². The molecule has 0 saturated carbocycles. The van der Waals surface area contributed by atoms with Gasteiger partial charge < -0.3 is 5.73 Å². The lowest BCUT2D eigenvalue weighted by Gasteiger charge is -2.05. The number of rotatable bonds is 2. The predicted octanol–water partition coefficient (Wildman–Crippen LogP) is 1.46. The molecule has 0 unspecified atom stereocenters. The van der Waals surface area contributed by atoms with Crippen molar-refractivity contribution in [2.45, 2.75) is 19.9 Å². The quantitative estimate of drug-likeness (QED) is 0.897. The fraction of sp³-hybridized carbons (Fsp3) is 0.333. The van der Waals surface area contributed by atoms with Gasteiger partial charge in [0.2, 0.25) is 0 Å². The standard InChI is InChI=1S/C9H11ClN6.ClH/c1-5(11)8-14-6(2)15-16(8)9-12-3-7(10)4-13-9;/h3-5H,11H2,1-2H3;1H/t5-;/m0./s1. The molecule has 0 radical (unpaired) electrons. The van der Waals surface area contributed by atoms with Crippen molar-refractivity contribution in [1.82, 2.24) is 24.7 Å². The van der Waals surface area contributed by atoms with Crippen molar-refractivity contribution in [1.29, 1.82) is 0 Å². The zero-order valence-electron chi connectivity index (χ0n) is 9.33. The van der Waals surface area contributed by atoms with E-state index in [1.165, 1.54) is 17.1 Å². The molecule has 2 aromatic heterocycles. The van der Waals surface area contributed by atoms with Crippen molar-refractivity contribution in [3.8, 4) is 5.95 Å². The third kappa shape index (κ3) is 2.91. The molecule has 0 aliphatic heterocycles. The van der Waals surface area contributed by atoms with E-state index in [9.17, 15) is 0 Å². The van der Waals surface area contributed by atoms with Crippen LogP contribution in [-0.4, -0.2) is 24.7 Å². The second-order valence-electron chi connectivity index (χ2n) is 3.42. The second kappa shape index (κ2) is 5.39. The van der Waals surface area contributed by atoms with Crippen LogP contribution in [0.15, 0.2) is 12.4 Å². The smallest absolute Gasteiger partial charge is 0.252 e. The van der Waals surface area contributed by atoms with Gasteiger partial charge in [-0.05, 0) is 13.8 Å². The van der Waals surface area contributed by atoms with Crippen LogP contribution in [0.5, 0.6) is 0 Å². The van der Waals surface area contributed by atoms with E-state index in [1.54, 1.807) is 6.92 Å². The van der Waals surface area contributed by atoms with Crippen LogP contribution in [0.4, 0.5) is 0 Å². The van der Waals surface area contributed by atoms with Gasteiger partial charge in [-0.15, -0.1) is 17.5 Å². The number of nitrogens with two attached hydrogens (primary N) is 1. The summed E-state index contributed by atoms with van der Waals surface area (Å²) in [4.78, 5) is 12.4. The average molecular weight is 275 g/mol. The minimum absolute atomic E-state index is 0. The van der Waals surface area contributed by atoms with Gasteiger partial charge in [0, 0.05) is 0 Å². The summed E-state index contributed by atoms with van der Waals surface area (Å²) < 4.78 is 1.52. The van der Waals surface area contributed by atoms with Gasteiger partial charge in [0.05, 0.1) is 23.5 Å². The molecule has 0 bridgehead atoms. The third-order valence-electron chi connectivity index (χ3n) is 1.94. The van der Waals surface area contributed by atoms with Crippen molar-refractivity contribution in [3.05, 3.63) is 29.1 Å². The summed E-state index contributed by atoms with van der Waals surface area (Å²) in [7, 11) is 0. The molecule has 2 heterocycles. The second-order valence-corrected chi connectivity index (χ2v) is 3.86. The SMILES string of the molecule is Cc1nc([C@H](C)N)n(-c2ncc(Cl)cn2)n1.Cl. The van der Waals surface area contributed by atoms with Crippen LogP contribution in [0.2, 0.25) is 5.02 Å². The maximum Gasteiger partial charge on any atom is 0.252 e. The van der Waals surface area contributed by atoms with Gasteiger partial charge in [-0.1, -0.05) is 11.6 Å². The van der Waals surface area contributed by atoms with Crippen molar-refractivity contribution < 1.29 is 0 Å². The lowest BCUT2D eigenvalue weighted by atomic mass is 10.3. The van der Waals surface area contributed by atoms with Crippen LogP contribution in [0.1, 0.15) is 24.6 Å². The van der Waals surface area contributed by atoms with Gasteiger partial charge in [-0.3, -0.25) is 0 Å². The van der Waals surface area contributed by atoms with Crippen molar-refractivity contribution >= 4 is 24.0 Å². The fourth-order valence-electron chi connectivity index (χ4n) is 1.29. The summed E-state index contributed by atoms with van der Waals surface area (Å²) in [5, 5.41) is 4.66. The van der Waals surface area contributed by atoms with Crippen molar-refractivity contribution in [2.24, 2.45) is 5.73 Å². The van der Waals surface area contributed by atoms with Crippen molar-refractivity contribution in [2.75, 3.05) is 0 Å². The highest BCUT2D eigenvalue weighted by molar-refractivity contribution is 6.30. The molecule has 2 rings (SSSR count). The maximum atomic E-state index is 5.79. The van der Waals surface area contributed by atoms with E-state index >= 15 is 0 Å². The molecule has 0 aliphatic rings. The van der Waals surface area contributed by atoms with E-state index < -0.39 is 0 Å². The first kappa shape index (κ1) is 13.8. The maximum absolute atomic E-state index is 5.79. The van der Waals surface area contributed by atoms with Gasteiger partial charge in [0.15, 0.2) is 5.82 Å². The molecule has 1 atom stereocenters. The lowest BCUT2D eigenvalue weighted by molar-refractivity contribution is 0.668. The lowest BCUT2D eigenvalue weighted by Crippen LogP contribution is -2.15. The molecule has 0 amide bonds. The zero-order valence-corrected chi connectivity index (χ0v) is 10.9. The number of aryl methyl sites for hydroxylation is 1. The Labute approximate surface area is 110 Å². The Morgan fingerprint density at radius 1 is 1.35 bits per heavy atom. The zero-order chi connectivity index (χ0) is 11.7. The highest BCUT2D eigenvalue weighted by Gasteiger charge is 2.14. The van der Waals surface area contributed by atoms with Crippen molar-refractivity contribution in [3.63, 3.8) is 0 Å². The van der Waals surface area contributed by atoms with Gasteiger partial charge >= 0.3 is 0 Å². The topological polar surface area (TPSA) is 82.5 Å². The largest absolute Gasteiger partial charge is 0.322 e. The van der Waals surface area contributed by atoms with E-state index in [-0.39, 0.29) is 18.4 Å².